The van der Waals surface area contributed by atoms with Gasteiger partial charge in [-0.15, -0.1) is 5.10 Å². The van der Waals surface area contributed by atoms with E-state index in [9.17, 15) is 9.18 Å². The first-order valence-corrected chi connectivity index (χ1v) is 7.57. The van der Waals surface area contributed by atoms with Crippen molar-refractivity contribution in [1.82, 2.24) is 35.8 Å². The van der Waals surface area contributed by atoms with Gasteiger partial charge in [0.25, 0.3) is 5.89 Å². The SMILES string of the molecule is Cc1noc(-c2cn(CCNC(=O)NCc3cccc(F)c3)nn2)n1. The van der Waals surface area contributed by atoms with Crippen molar-refractivity contribution in [3.05, 3.63) is 47.7 Å². The molecule has 3 aromatic rings. The molecule has 1 aromatic carbocycles. The van der Waals surface area contributed by atoms with E-state index in [1.54, 1.807) is 29.9 Å². The van der Waals surface area contributed by atoms with Crippen LogP contribution in [0, 0.1) is 12.7 Å². The van der Waals surface area contributed by atoms with E-state index in [1.165, 1.54) is 12.1 Å². The molecule has 0 spiro atoms. The van der Waals surface area contributed by atoms with E-state index < -0.39 is 0 Å². The topological polar surface area (TPSA) is 111 Å². The lowest BCUT2D eigenvalue weighted by Gasteiger charge is -2.07. The molecule has 0 saturated carbocycles. The van der Waals surface area contributed by atoms with Gasteiger partial charge in [-0.25, -0.2) is 13.9 Å². The second kappa shape index (κ2) is 7.51. The molecule has 0 aliphatic rings. The van der Waals surface area contributed by atoms with E-state index in [-0.39, 0.29) is 18.4 Å². The number of hydrogen-bond donors (Lipinski definition) is 2. The number of benzene rings is 1. The van der Waals surface area contributed by atoms with Crippen LogP contribution in [0.15, 0.2) is 35.0 Å². The van der Waals surface area contributed by atoms with Gasteiger partial charge in [0.05, 0.1) is 12.7 Å². The molecule has 0 unspecified atom stereocenters. The lowest BCUT2D eigenvalue weighted by atomic mass is 10.2. The van der Waals surface area contributed by atoms with Crippen molar-refractivity contribution >= 4 is 6.03 Å². The maximum Gasteiger partial charge on any atom is 0.315 e. The molecule has 3 rings (SSSR count). The van der Waals surface area contributed by atoms with Crippen molar-refractivity contribution in [1.29, 1.82) is 0 Å². The molecule has 0 radical (unpaired) electrons. The fourth-order valence-electron chi connectivity index (χ4n) is 2.08. The largest absolute Gasteiger partial charge is 0.336 e. The summed E-state index contributed by atoms with van der Waals surface area (Å²) in [6, 6.07) is 5.70. The molecule has 0 aliphatic heterocycles. The third-order valence-electron chi connectivity index (χ3n) is 3.25. The normalized spacial score (nSPS) is 10.6. The van der Waals surface area contributed by atoms with Crippen molar-refractivity contribution in [3.63, 3.8) is 0 Å². The number of rotatable bonds is 6. The zero-order chi connectivity index (χ0) is 17.6. The Balaban J connectivity index is 1.42. The summed E-state index contributed by atoms with van der Waals surface area (Å²) in [6.07, 6.45) is 1.65. The maximum atomic E-state index is 13.0. The van der Waals surface area contributed by atoms with E-state index in [4.69, 9.17) is 4.52 Å². The van der Waals surface area contributed by atoms with Crippen molar-refractivity contribution < 1.29 is 13.7 Å². The number of carbonyl (C=O) groups is 1. The van der Waals surface area contributed by atoms with E-state index >= 15 is 0 Å². The van der Waals surface area contributed by atoms with Gasteiger partial charge in [-0.1, -0.05) is 22.5 Å². The summed E-state index contributed by atoms with van der Waals surface area (Å²) in [5.41, 5.74) is 1.15. The number of aromatic nitrogens is 5. The van der Waals surface area contributed by atoms with Gasteiger partial charge in [0, 0.05) is 13.1 Å². The van der Waals surface area contributed by atoms with Crippen molar-refractivity contribution in [2.24, 2.45) is 0 Å². The molecule has 2 heterocycles. The number of nitrogens with zero attached hydrogens (tertiary/aromatic N) is 5. The number of aryl methyl sites for hydroxylation is 1. The maximum absolute atomic E-state index is 13.0. The van der Waals surface area contributed by atoms with Gasteiger partial charge in [-0.2, -0.15) is 4.98 Å². The molecule has 9 nitrogen and oxygen atoms in total. The highest BCUT2D eigenvalue weighted by Crippen LogP contribution is 2.12. The van der Waals surface area contributed by atoms with Gasteiger partial charge < -0.3 is 15.2 Å². The fraction of sp³-hybridized carbons (Fsp3) is 0.267. The van der Waals surface area contributed by atoms with Crippen LogP contribution in [-0.4, -0.2) is 37.7 Å². The van der Waals surface area contributed by atoms with Gasteiger partial charge >= 0.3 is 6.03 Å². The molecule has 10 heteroatoms. The Kier molecular flexibility index (Phi) is 4.97. The fourth-order valence-corrected chi connectivity index (χ4v) is 2.08. The Hall–Kier alpha value is -3.30. The van der Waals surface area contributed by atoms with Crippen LogP contribution in [0.4, 0.5) is 9.18 Å². The minimum absolute atomic E-state index is 0.244. The van der Waals surface area contributed by atoms with E-state index in [2.05, 4.69) is 31.1 Å². The van der Waals surface area contributed by atoms with Crippen LogP contribution in [0.5, 0.6) is 0 Å². The van der Waals surface area contributed by atoms with Crippen molar-refractivity contribution in [3.8, 4) is 11.6 Å². The zero-order valence-corrected chi connectivity index (χ0v) is 13.4. The van der Waals surface area contributed by atoms with Crippen LogP contribution >= 0.6 is 0 Å². The molecule has 2 N–H and O–H groups in total. The smallest absolute Gasteiger partial charge is 0.315 e. The van der Waals surface area contributed by atoms with Gasteiger partial charge in [0.15, 0.2) is 11.5 Å². The lowest BCUT2D eigenvalue weighted by Crippen LogP contribution is -2.36. The molecule has 25 heavy (non-hydrogen) atoms. The van der Waals surface area contributed by atoms with Gasteiger partial charge in [0.2, 0.25) is 0 Å². The number of carbonyl (C=O) groups excluding carboxylic acids is 1. The third-order valence-corrected chi connectivity index (χ3v) is 3.25. The van der Waals surface area contributed by atoms with Crippen LogP contribution in [0.2, 0.25) is 0 Å². The molecule has 0 fully saturated rings. The van der Waals surface area contributed by atoms with Crippen LogP contribution in [-0.2, 0) is 13.1 Å². The van der Waals surface area contributed by atoms with Crippen molar-refractivity contribution in [2.45, 2.75) is 20.0 Å². The van der Waals surface area contributed by atoms with Gasteiger partial charge in [-0.3, -0.25) is 0 Å². The molecule has 130 valence electrons. The van der Waals surface area contributed by atoms with Crippen LogP contribution in [0.3, 0.4) is 0 Å². The van der Waals surface area contributed by atoms with E-state index in [1.807, 2.05) is 0 Å². The van der Waals surface area contributed by atoms with Crippen LogP contribution in [0.25, 0.3) is 11.6 Å². The van der Waals surface area contributed by atoms with Gasteiger partial charge in [-0.05, 0) is 24.6 Å². The highest BCUT2D eigenvalue weighted by molar-refractivity contribution is 5.73. The van der Waals surface area contributed by atoms with Crippen LogP contribution in [0.1, 0.15) is 11.4 Å². The minimum atomic E-state index is -0.350. The Bertz CT molecular complexity index is 861. The molecular weight excluding hydrogens is 329 g/mol. The first-order valence-electron chi connectivity index (χ1n) is 7.57. The second-order valence-corrected chi connectivity index (χ2v) is 5.25. The Morgan fingerprint density at radius 2 is 2.24 bits per heavy atom. The summed E-state index contributed by atoms with van der Waals surface area (Å²) in [5, 5.41) is 16.9. The number of hydrogen-bond acceptors (Lipinski definition) is 6. The summed E-state index contributed by atoms with van der Waals surface area (Å²) in [4.78, 5) is 15.8. The first kappa shape index (κ1) is 16.6. The zero-order valence-electron chi connectivity index (χ0n) is 13.4. The molecule has 0 aliphatic carbocycles. The number of nitrogens with one attached hydrogen (secondary N) is 2. The Morgan fingerprint density at radius 3 is 3.00 bits per heavy atom. The summed E-state index contributed by atoms with van der Waals surface area (Å²) < 4.78 is 19.6. The predicted molar refractivity (Wildman–Crippen MR) is 84.7 cm³/mol. The molecule has 0 saturated heterocycles. The summed E-state index contributed by atoms with van der Waals surface area (Å²) in [7, 11) is 0. The van der Waals surface area contributed by atoms with E-state index in [0.717, 1.165) is 0 Å². The molecule has 0 atom stereocenters. The van der Waals surface area contributed by atoms with Crippen LogP contribution < -0.4 is 10.6 Å². The average molecular weight is 345 g/mol. The minimum Gasteiger partial charge on any atom is -0.336 e. The molecule has 2 amide bonds. The van der Waals surface area contributed by atoms with Gasteiger partial charge in [0.1, 0.15) is 5.82 Å². The number of halogens is 1. The number of amides is 2. The van der Waals surface area contributed by atoms with E-state index in [0.29, 0.717) is 36.1 Å². The Morgan fingerprint density at radius 1 is 1.36 bits per heavy atom. The lowest BCUT2D eigenvalue weighted by molar-refractivity contribution is 0.240. The summed E-state index contributed by atoms with van der Waals surface area (Å²) in [5.74, 6) is 0.476. The Labute approximate surface area is 142 Å². The second-order valence-electron chi connectivity index (χ2n) is 5.25. The standard InChI is InChI=1S/C15H16FN7O2/c1-10-19-14(25-21-10)13-9-23(22-20-13)6-5-17-15(24)18-8-11-3-2-4-12(16)7-11/h2-4,7,9H,5-6,8H2,1H3,(H2,17,18,24). The summed E-state index contributed by atoms with van der Waals surface area (Å²) >= 11 is 0. The highest BCUT2D eigenvalue weighted by atomic mass is 19.1. The number of urea groups is 1. The molecule has 0 bridgehead atoms. The predicted octanol–water partition coefficient (Wildman–Crippen LogP) is 1.28. The first-order chi connectivity index (χ1) is 12.1. The average Bonchev–Trinajstić information content (AvgIpc) is 3.22. The highest BCUT2D eigenvalue weighted by Gasteiger charge is 2.11. The monoisotopic (exact) mass is 345 g/mol. The molecular formula is C15H16FN7O2. The quantitative estimate of drug-likeness (QED) is 0.696. The molecule has 2 aromatic heterocycles. The summed E-state index contributed by atoms with van der Waals surface area (Å²) in [6.45, 7) is 2.73. The third kappa shape index (κ3) is 4.59. The van der Waals surface area contributed by atoms with Crippen molar-refractivity contribution in [2.75, 3.05) is 6.54 Å².